The summed E-state index contributed by atoms with van der Waals surface area (Å²) in [6, 6.07) is 10.6. The van der Waals surface area contributed by atoms with Crippen molar-refractivity contribution in [1.29, 1.82) is 0 Å². The molecule has 160 valence electrons. The molecule has 2 amide bonds. The Hall–Kier alpha value is -3.81. The summed E-state index contributed by atoms with van der Waals surface area (Å²) in [5.74, 6) is 1.24. The molecular formula is C23H24N4O4. The number of methoxy groups -OCH3 is 2. The first-order chi connectivity index (χ1) is 14.9. The Morgan fingerprint density at radius 3 is 2.61 bits per heavy atom. The molecule has 0 fully saturated rings. The van der Waals surface area contributed by atoms with Gasteiger partial charge in [-0.15, -0.1) is 0 Å². The van der Waals surface area contributed by atoms with Gasteiger partial charge >= 0.3 is 0 Å². The van der Waals surface area contributed by atoms with Gasteiger partial charge in [0.05, 0.1) is 26.8 Å². The van der Waals surface area contributed by atoms with E-state index in [1.807, 2.05) is 44.2 Å². The molecule has 1 aliphatic rings. The molecule has 8 nitrogen and oxygen atoms in total. The van der Waals surface area contributed by atoms with E-state index < -0.39 is 6.04 Å². The Balaban J connectivity index is 1.56. The van der Waals surface area contributed by atoms with Crippen molar-refractivity contribution < 1.29 is 19.1 Å². The van der Waals surface area contributed by atoms with E-state index in [4.69, 9.17) is 9.47 Å². The number of anilines is 2. The normalized spacial score (nSPS) is 14.7. The monoisotopic (exact) mass is 420 g/mol. The Morgan fingerprint density at radius 2 is 1.90 bits per heavy atom. The van der Waals surface area contributed by atoms with Crippen molar-refractivity contribution in [3.05, 3.63) is 53.7 Å². The maximum absolute atomic E-state index is 12.6. The first-order valence-electron chi connectivity index (χ1n) is 9.89. The molecule has 0 bridgehead atoms. The molecule has 1 aliphatic heterocycles. The molecule has 1 atom stereocenters. The fraction of sp³-hybridized carbons (Fsp3) is 0.261. The van der Waals surface area contributed by atoms with Gasteiger partial charge in [-0.25, -0.2) is 4.68 Å². The van der Waals surface area contributed by atoms with Crippen LogP contribution in [-0.2, 0) is 9.59 Å². The van der Waals surface area contributed by atoms with Gasteiger partial charge in [0.1, 0.15) is 11.9 Å². The number of nitrogens with zero attached hydrogens (tertiary/aromatic N) is 2. The zero-order valence-corrected chi connectivity index (χ0v) is 17.9. The highest BCUT2D eigenvalue weighted by molar-refractivity contribution is 6.04. The standard InChI is InChI=1S/C23H24N4O4/c1-13-5-7-17(14(2)9-13)25-21(28)11-18-23(29)26-22-16(12-24-27(18)22)15-6-8-19(30-3)20(10-15)31-4/h5-10,12,18H,11H2,1-4H3,(H,25,28)(H,26,29). The van der Waals surface area contributed by atoms with Gasteiger partial charge in [0.2, 0.25) is 5.91 Å². The summed E-state index contributed by atoms with van der Waals surface area (Å²) in [4.78, 5) is 25.2. The summed E-state index contributed by atoms with van der Waals surface area (Å²) < 4.78 is 12.2. The fourth-order valence-electron chi connectivity index (χ4n) is 3.76. The van der Waals surface area contributed by atoms with Crippen molar-refractivity contribution in [2.75, 3.05) is 24.9 Å². The van der Waals surface area contributed by atoms with Gasteiger partial charge in [0.25, 0.3) is 5.91 Å². The van der Waals surface area contributed by atoms with E-state index in [1.165, 1.54) is 0 Å². The van der Waals surface area contributed by atoms with Crippen LogP contribution in [0.25, 0.3) is 11.1 Å². The molecule has 0 saturated heterocycles. The number of hydrogen-bond acceptors (Lipinski definition) is 5. The molecule has 1 unspecified atom stereocenters. The molecule has 0 saturated carbocycles. The highest BCUT2D eigenvalue weighted by Gasteiger charge is 2.35. The van der Waals surface area contributed by atoms with Crippen LogP contribution in [0.4, 0.5) is 11.5 Å². The van der Waals surface area contributed by atoms with Crippen LogP contribution in [0.2, 0.25) is 0 Å². The quantitative estimate of drug-likeness (QED) is 0.634. The lowest BCUT2D eigenvalue weighted by Gasteiger charge is -2.12. The van der Waals surface area contributed by atoms with Gasteiger partial charge in [0, 0.05) is 11.3 Å². The molecule has 31 heavy (non-hydrogen) atoms. The second kappa shape index (κ2) is 8.14. The van der Waals surface area contributed by atoms with Crippen molar-refractivity contribution in [3.8, 4) is 22.6 Å². The van der Waals surface area contributed by atoms with Crippen LogP contribution < -0.4 is 20.1 Å². The third kappa shape index (κ3) is 3.84. The number of amides is 2. The Labute approximate surface area is 180 Å². The summed E-state index contributed by atoms with van der Waals surface area (Å²) in [7, 11) is 3.14. The number of aromatic nitrogens is 2. The van der Waals surface area contributed by atoms with Crippen LogP contribution in [0.5, 0.6) is 11.5 Å². The van der Waals surface area contributed by atoms with E-state index in [2.05, 4.69) is 15.7 Å². The second-order valence-electron chi connectivity index (χ2n) is 7.50. The molecule has 2 N–H and O–H groups in total. The van der Waals surface area contributed by atoms with Crippen LogP contribution in [0, 0.1) is 13.8 Å². The largest absolute Gasteiger partial charge is 0.493 e. The van der Waals surface area contributed by atoms with E-state index in [0.717, 1.165) is 27.9 Å². The van der Waals surface area contributed by atoms with Crippen molar-refractivity contribution in [3.63, 3.8) is 0 Å². The third-order valence-corrected chi connectivity index (χ3v) is 5.36. The maximum atomic E-state index is 12.6. The van der Waals surface area contributed by atoms with Crippen molar-refractivity contribution >= 4 is 23.3 Å². The second-order valence-corrected chi connectivity index (χ2v) is 7.50. The Kier molecular flexibility index (Phi) is 5.37. The van der Waals surface area contributed by atoms with Gasteiger partial charge in [-0.2, -0.15) is 5.10 Å². The topological polar surface area (TPSA) is 94.5 Å². The molecule has 2 aromatic carbocycles. The minimum absolute atomic E-state index is 0.0147. The summed E-state index contributed by atoms with van der Waals surface area (Å²) in [6.45, 7) is 3.93. The smallest absolute Gasteiger partial charge is 0.251 e. The van der Waals surface area contributed by atoms with E-state index in [-0.39, 0.29) is 18.2 Å². The predicted octanol–water partition coefficient (Wildman–Crippen LogP) is 3.71. The van der Waals surface area contributed by atoms with Gasteiger partial charge in [-0.05, 0) is 43.2 Å². The molecule has 2 heterocycles. The third-order valence-electron chi connectivity index (χ3n) is 5.36. The number of ether oxygens (including phenoxy) is 2. The van der Waals surface area contributed by atoms with Gasteiger partial charge in [0.15, 0.2) is 11.5 Å². The Bertz CT molecular complexity index is 1170. The summed E-state index contributed by atoms with van der Waals surface area (Å²) in [5, 5.41) is 10.1. The summed E-state index contributed by atoms with van der Waals surface area (Å²) in [6.07, 6.45) is 1.66. The number of fused-ring (bicyclic) bond motifs is 1. The first-order valence-corrected chi connectivity index (χ1v) is 9.89. The van der Waals surface area contributed by atoms with Crippen molar-refractivity contribution in [2.45, 2.75) is 26.3 Å². The average Bonchev–Trinajstić information content (AvgIpc) is 3.29. The minimum atomic E-state index is -0.713. The molecule has 0 spiro atoms. The number of carbonyl (C=O) groups excluding carboxylic acids is 2. The number of benzene rings is 2. The first kappa shape index (κ1) is 20.5. The lowest BCUT2D eigenvalue weighted by molar-refractivity contribution is -0.123. The maximum Gasteiger partial charge on any atom is 0.251 e. The molecule has 1 aromatic heterocycles. The number of carbonyl (C=O) groups is 2. The highest BCUT2D eigenvalue weighted by atomic mass is 16.5. The van der Waals surface area contributed by atoms with E-state index >= 15 is 0 Å². The average molecular weight is 420 g/mol. The van der Waals surface area contributed by atoms with Crippen LogP contribution in [0.3, 0.4) is 0 Å². The molecule has 0 aliphatic carbocycles. The number of nitrogens with one attached hydrogen (secondary N) is 2. The van der Waals surface area contributed by atoms with Gasteiger partial charge in [-0.3, -0.25) is 9.59 Å². The minimum Gasteiger partial charge on any atom is -0.493 e. The Morgan fingerprint density at radius 1 is 1.13 bits per heavy atom. The number of hydrogen-bond donors (Lipinski definition) is 2. The molecule has 3 aromatic rings. The molecular weight excluding hydrogens is 396 g/mol. The van der Waals surface area contributed by atoms with Crippen LogP contribution >= 0.6 is 0 Å². The van der Waals surface area contributed by atoms with Crippen LogP contribution in [0.15, 0.2) is 42.6 Å². The van der Waals surface area contributed by atoms with E-state index in [1.54, 1.807) is 31.2 Å². The lowest BCUT2D eigenvalue weighted by Crippen LogP contribution is -2.23. The van der Waals surface area contributed by atoms with E-state index in [0.29, 0.717) is 17.3 Å². The highest BCUT2D eigenvalue weighted by Crippen LogP contribution is 2.39. The molecule has 8 heteroatoms. The number of aryl methyl sites for hydroxylation is 2. The van der Waals surface area contributed by atoms with Crippen molar-refractivity contribution in [2.24, 2.45) is 0 Å². The van der Waals surface area contributed by atoms with Gasteiger partial charge < -0.3 is 20.1 Å². The SMILES string of the molecule is COc1ccc(-c2cnn3c2NC(=O)C3CC(=O)Nc2ccc(C)cc2C)cc1OC. The number of rotatable bonds is 6. The molecule has 0 radical (unpaired) electrons. The van der Waals surface area contributed by atoms with Crippen LogP contribution in [-0.4, -0.2) is 35.8 Å². The summed E-state index contributed by atoms with van der Waals surface area (Å²) >= 11 is 0. The zero-order valence-electron chi connectivity index (χ0n) is 17.9. The van der Waals surface area contributed by atoms with Crippen molar-refractivity contribution in [1.82, 2.24) is 9.78 Å². The fourth-order valence-corrected chi connectivity index (χ4v) is 3.76. The summed E-state index contributed by atoms with van der Waals surface area (Å²) in [5.41, 5.74) is 4.39. The van der Waals surface area contributed by atoms with Gasteiger partial charge in [-0.1, -0.05) is 23.8 Å². The van der Waals surface area contributed by atoms with E-state index in [9.17, 15) is 9.59 Å². The molecule has 4 rings (SSSR count). The zero-order chi connectivity index (χ0) is 22.1. The predicted molar refractivity (Wildman–Crippen MR) is 118 cm³/mol. The lowest BCUT2D eigenvalue weighted by atomic mass is 10.1. The van der Waals surface area contributed by atoms with Crippen LogP contribution in [0.1, 0.15) is 23.6 Å².